The van der Waals surface area contributed by atoms with Crippen molar-refractivity contribution in [3.8, 4) is 0 Å². The van der Waals surface area contributed by atoms with Gasteiger partial charge < -0.3 is 15.8 Å². The molecule has 0 radical (unpaired) electrons. The number of carbonyl (C=O) groups is 1. The third-order valence-corrected chi connectivity index (χ3v) is 1.91. The summed E-state index contributed by atoms with van der Waals surface area (Å²) in [5.41, 5.74) is 5.71. The van der Waals surface area contributed by atoms with E-state index in [4.69, 9.17) is 10.5 Å². The van der Waals surface area contributed by atoms with Crippen LogP contribution in [0.1, 0.15) is 34.1 Å². The largest absolute Gasteiger partial charge is 0.377 e. The van der Waals surface area contributed by atoms with E-state index in [9.17, 15) is 4.79 Å². The van der Waals surface area contributed by atoms with Crippen LogP contribution in [0.25, 0.3) is 0 Å². The van der Waals surface area contributed by atoms with Crippen molar-refractivity contribution in [2.45, 2.75) is 46.3 Å². The van der Waals surface area contributed by atoms with Crippen LogP contribution in [0.15, 0.2) is 0 Å². The molecule has 0 aliphatic heterocycles. The SMILES string of the molecule is CC(C)CC(N)C(=O)NCCOC(C)C. The molecule has 0 aromatic carbocycles. The summed E-state index contributed by atoms with van der Waals surface area (Å²) >= 11 is 0. The maximum atomic E-state index is 11.4. The number of hydrogen-bond acceptors (Lipinski definition) is 3. The zero-order valence-electron chi connectivity index (χ0n) is 10.2. The van der Waals surface area contributed by atoms with Gasteiger partial charge in [-0.2, -0.15) is 0 Å². The van der Waals surface area contributed by atoms with E-state index in [1.165, 1.54) is 0 Å². The molecule has 0 spiro atoms. The fraction of sp³-hybridized carbons (Fsp3) is 0.909. The third-order valence-electron chi connectivity index (χ3n) is 1.91. The molecule has 0 bridgehead atoms. The van der Waals surface area contributed by atoms with Crippen LogP contribution >= 0.6 is 0 Å². The molecular weight excluding hydrogens is 192 g/mol. The van der Waals surface area contributed by atoms with Gasteiger partial charge in [-0.05, 0) is 26.2 Å². The van der Waals surface area contributed by atoms with Gasteiger partial charge in [-0.1, -0.05) is 13.8 Å². The molecule has 90 valence electrons. The lowest BCUT2D eigenvalue weighted by atomic mass is 10.0. The molecule has 0 aliphatic rings. The lowest BCUT2D eigenvalue weighted by Crippen LogP contribution is -2.42. The molecule has 1 amide bonds. The predicted molar refractivity (Wildman–Crippen MR) is 61.5 cm³/mol. The van der Waals surface area contributed by atoms with Gasteiger partial charge in [-0.25, -0.2) is 0 Å². The van der Waals surface area contributed by atoms with Crippen molar-refractivity contribution in [1.82, 2.24) is 5.32 Å². The van der Waals surface area contributed by atoms with E-state index in [0.29, 0.717) is 19.1 Å². The van der Waals surface area contributed by atoms with E-state index < -0.39 is 6.04 Å². The number of rotatable bonds is 7. The van der Waals surface area contributed by atoms with Crippen molar-refractivity contribution < 1.29 is 9.53 Å². The summed E-state index contributed by atoms with van der Waals surface area (Å²) < 4.78 is 5.30. The summed E-state index contributed by atoms with van der Waals surface area (Å²) in [6.45, 7) is 9.10. The molecule has 0 rings (SSSR count). The summed E-state index contributed by atoms with van der Waals surface area (Å²) in [7, 11) is 0. The topological polar surface area (TPSA) is 64.4 Å². The lowest BCUT2D eigenvalue weighted by Gasteiger charge is -2.14. The highest BCUT2D eigenvalue weighted by molar-refractivity contribution is 5.81. The molecule has 3 N–H and O–H groups in total. The molecule has 0 heterocycles. The van der Waals surface area contributed by atoms with E-state index in [-0.39, 0.29) is 12.0 Å². The van der Waals surface area contributed by atoms with Crippen LogP contribution in [-0.4, -0.2) is 31.2 Å². The molecule has 0 saturated carbocycles. The van der Waals surface area contributed by atoms with E-state index in [1.54, 1.807) is 0 Å². The summed E-state index contributed by atoms with van der Waals surface area (Å²) in [6, 6.07) is -0.399. The molecule has 1 unspecified atom stereocenters. The van der Waals surface area contributed by atoms with E-state index in [2.05, 4.69) is 19.2 Å². The number of amides is 1. The van der Waals surface area contributed by atoms with Crippen molar-refractivity contribution in [2.24, 2.45) is 11.7 Å². The van der Waals surface area contributed by atoms with E-state index in [0.717, 1.165) is 6.42 Å². The Morgan fingerprint density at radius 3 is 2.40 bits per heavy atom. The second-order valence-electron chi connectivity index (χ2n) is 4.45. The third kappa shape index (κ3) is 8.39. The highest BCUT2D eigenvalue weighted by Gasteiger charge is 2.13. The van der Waals surface area contributed by atoms with Gasteiger partial charge >= 0.3 is 0 Å². The first kappa shape index (κ1) is 14.4. The van der Waals surface area contributed by atoms with Crippen LogP contribution in [-0.2, 0) is 9.53 Å². The van der Waals surface area contributed by atoms with Gasteiger partial charge in [0.15, 0.2) is 0 Å². The Bertz CT molecular complexity index is 181. The van der Waals surface area contributed by atoms with Gasteiger partial charge in [0, 0.05) is 6.54 Å². The molecule has 0 saturated heterocycles. The average molecular weight is 216 g/mol. The maximum absolute atomic E-state index is 11.4. The fourth-order valence-electron chi connectivity index (χ4n) is 1.21. The number of nitrogens with two attached hydrogens (primary N) is 1. The lowest BCUT2D eigenvalue weighted by molar-refractivity contribution is -0.123. The molecule has 0 aliphatic carbocycles. The Morgan fingerprint density at radius 2 is 1.93 bits per heavy atom. The molecular formula is C11H24N2O2. The van der Waals surface area contributed by atoms with Gasteiger partial charge in [0.1, 0.15) is 0 Å². The van der Waals surface area contributed by atoms with Gasteiger partial charge in [0.05, 0.1) is 18.8 Å². The molecule has 15 heavy (non-hydrogen) atoms. The highest BCUT2D eigenvalue weighted by Crippen LogP contribution is 2.02. The number of ether oxygens (including phenoxy) is 1. The van der Waals surface area contributed by atoms with Crippen molar-refractivity contribution in [2.75, 3.05) is 13.2 Å². The van der Waals surface area contributed by atoms with Crippen LogP contribution in [0.2, 0.25) is 0 Å². The summed E-state index contributed by atoms with van der Waals surface area (Å²) in [5.74, 6) is 0.355. The molecule has 4 nitrogen and oxygen atoms in total. The normalized spacial score (nSPS) is 13.3. The summed E-state index contributed by atoms with van der Waals surface area (Å²) in [5, 5.41) is 2.75. The molecule has 4 heteroatoms. The Morgan fingerprint density at radius 1 is 1.33 bits per heavy atom. The molecule has 0 fully saturated rings. The minimum atomic E-state index is -0.399. The smallest absolute Gasteiger partial charge is 0.237 e. The van der Waals surface area contributed by atoms with Crippen LogP contribution in [0, 0.1) is 5.92 Å². The Labute approximate surface area is 92.6 Å². The zero-order chi connectivity index (χ0) is 11.8. The zero-order valence-corrected chi connectivity index (χ0v) is 10.2. The number of carbonyl (C=O) groups excluding carboxylic acids is 1. The highest BCUT2D eigenvalue weighted by atomic mass is 16.5. The molecule has 1 atom stereocenters. The average Bonchev–Trinajstić information content (AvgIpc) is 2.10. The van der Waals surface area contributed by atoms with Crippen LogP contribution in [0.4, 0.5) is 0 Å². The number of hydrogen-bond donors (Lipinski definition) is 2. The van der Waals surface area contributed by atoms with Crippen LogP contribution in [0.5, 0.6) is 0 Å². The monoisotopic (exact) mass is 216 g/mol. The predicted octanol–water partition coefficient (Wildman–Crippen LogP) is 0.901. The second-order valence-corrected chi connectivity index (χ2v) is 4.45. The first-order chi connectivity index (χ1) is 6.93. The van der Waals surface area contributed by atoms with Crippen molar-refractivity contribution in [1.29, 1.82) is 0 Å². The standard InChI is InChI=1S/C11H24N2O2/c1-8(2)7-10(12)11(14)13-5-6-15-9(3)4/h8-10H,5-7,12H2,1-4H3,(H,13,14). The molecule has 0 aromatic heterocycles. The quantitative estimate of drug-likeness (QED) is 0.621. The van der Waals surface area contributed by atoms with Crippen molar-refractivity contribution in [3.05, 3.63) is 0 Å². The first-order valence-corrected chi connectivity index (χ1v) is 5.58. The van der Waals surface area contributed by atoms with Gasteiger partial charge in [0.2, 0.25) is 5.91 Å². The Kier molecular flexibility index (Phi) is 7.34. The summed E-state index contributed by atoms with van der Waals surface area (Å²) in [4.78, 5) is 11.4. The van der Waals surface area contributed by atoms with Gasteiger partial charge in [-0.3, -0.25) is 4.79 Å². The van der Waals surface area contributed by atoms with Crippen LogP contribution in [0.3, 0.4) is 0 Å². The Balaban J connectivity index is 3.56. The minimum Gasteiger partial charge on any atom is -0.377 e. The maximum Gasteiger partial charge on any atom is 0.237 e. The second kappa shape index (κ2) is 7.65. The molecule has 0 aromatic rings. The van der Waals surface area contributed by atoms with Crippen molar-refractivity contribution in [3.63, 3.8) is 0 Å². The first-order valence-electron chi connectivity index (χ1n) is 5.58. The minimum absolute atomic E-state index is 0.0870. The van der Waals surface area contributed by atoms with E-state index in [1.807, 2.05) is 13.8 Å². The van der Waals surface area contributed by atoms with Gasteiger partial charge in [-0.15, -0.1) is 0 Å². The van der Waals surface area contributed by atoms with Gasteiger partial charge in [0.25, 0.3) is 0 Å². The van der Waals surface area contributed by atoms with Crippen molar-refractivity contribution >= 4 is 5.91 Å². The number of nitrogens with one attached hydrogen (secondary N) is 1. The Hall–Kier alpha value is -0.610. The summed E-state index contributed by atoms with van der Waals surface area (Å²) in [6.07, 6.45) is 0.919. The van der Waals surface area contributed by atoms with Crippen LogP contribution < -0.4 is 11.1 Å². The fourth-order valence-corrected chi connectivity index (χ4v) is 1.21. The van der Waals surface area contributed by atoms with E-state index >= 15 is 0 Å².